The number of hydrogen-bond acceptors (Lipinski definition) is 4. The van der Waals surface area contributed by atoms with Crippen LogP contribution in [0, 0.1) is 6.92 Å². The molecule has 0 aliphatic heterocycles. The van der Waals surface area contributed by atoms with Crippen molar-refractivity contribution in [3.8, 4) is 0 Å². The van der Waals surface area contributed by atoms with Gasteiger partial charge in [0.05, 0.1) is 5.56 Å². The van der Waals surface area contributed by atoms with Gasteiger partial charge in [-0.15, -0.1) is 0 Å². The molecule has 2 aromatic rings. The molecule has 0 amide bonds. The molecule has 1 aliphatic rings. The third-order valence-electron chi connectivity index (χ3n) is 6.04. The zero-order valence-corrected chi connectivity index (χ0v) is 18.7. The van der Waals surface area contributed by atoms with Crippen LogP contribution in [0.1, 0.15) is 65.7 Å². The van der Waals surface area contributed by atoms with E-state index in [-0.39, 0.29) is 37.0 Å². The average Bonchev–Trinajstić information content (AvgIpc) is 2.77. The zero-order valence-electron chi connectivity index (χ0n) is 18.7. The molecule has 2 atom stereocenters. The van der Waals surface area contributed by atoms with Crippen LogP contribution in [0.4, 0.5) is 0 Å². The fourth-order valence-electron chi connectivity index (χ4n) is 4.19. The molecule has 0 saturated heterocycles. The summed E-state index contributed by atoms with van der Waals surface area (Å²) in [6.07, 6.45) is 2.13. The van der Waals surface area contributed by atoms with Gasteiger partial charge in [0, 0.05) is 12.3 Å². The lowest BCUT2D eigenvalue weighted by molar-refractivity contribution is -0.148. The Hall–Kier alpha value is -3.14. The Morgan fingerprint density at radius 1 is 1.06 bits per heavy atom. The molecule has 0 bridgehead atoms. The monoisotopic (exact) mass is 418 g/mol. The second-order valence-electron chi connectivity index (χ2n) is 8.13. The van der Waals surface area contributed by atoms with Crippen LogP contribution >= 0.6 is 0 Å². The minimum absolute atomic E-state index is 0.114. The molecule has 0 N–H and O–H groups in total. The number of benzene rings is 2. The van der Waals surface area contributed by atoms with Gasteiger partial charge in [-0.05, 0) is 72.7 Å². The Morgan fingerprint density at radius 3 is 2.45 bits per heavy atom. The van der Waals surface area contributed by atoms with Crippen LogP contribution in [0.25, 0.3) is 5.57 Å². The molecule has 0 aromatic heterocycles. The van der Waals surface area contributed by atoms with E-state index < -0.39 is 0 Å². The van der Waals surface area contributed by atoms with Crippen LogP contribution in [-0.4, -0.2) is 24.6 Å². The average molecular weight is 419 g/mol. The van der Waals surface area contributed by atoms with Crippen molar-refractivity contribution in [3.63, 3.8) is 0 Å². The molecular formula is C27H30O4. The summed E-state index contributed by atoms with van der Waals surface area (Å²) in [5, 5.41) is 0. The second-order valence-corrected chi connectivity index (χ2v) is 8.13. The number of allylic oxidation sites excluding steroid dienone is 1. The first-order valence-corrected chi connectivity index (χ1v) is 10.7. The topological polar surface area (TPSA) is 52.6 Å². The summed E-state index contributed by atoms with van der Waals surface area (Å²) in [7, 11) is 0. The highest BCUT2D eigenvalue weighted by molar-refractivity contribution is 5.89. The van der Waals surface area contributed by atoms with E-state index in [2.05, 4.69) is 52.5 Å². The largest absolute Gasteiger partial charge is 0.458 e. The molecule has 4 heteroatoms. The number of aryl methyl sites for hydroxylation is 2. The molecule has 1 aliphatic carbocycles. The van der Waals surface area contributed by atoms with E-state index in [1.807, 2.05) is 12.1 Å². The molecule has 31 heavy (non-hydrogen) atoms. The summed E-state index contributed by atoms with van der Waals surface area (Å²) in [6.45, 7) is 12.1. The highest BCUT2D eigenvalue weighted by Gasteiger charge is 2.32. The fraction of sp³-hybridized carbons (Fsp3) is 0.333. The maximum atomic E-state index is 12.6. The van der Waals surface area contributed by atoms with Crippen molar-refractivity contribution in [2.45, 2.75) is 52.6 Å². The highest BCUT2D eigenvalue weighted by Crippen LogP contribution is 2.41. The summed E-state index contributed by atoms with van der Waals surface area (Å²) >= 11 is 0. The van der Waals surface area contributed by atoms with Crippen LogP contribution in [0.5, 0.6) is 0 Å². The molecule has 4 nitrogen and oxygen atoms in total. The second kappa shape index (κ2) is 9.78. The Kier molecular flexibility index (Phi) is 7.11. The van der Waals surface area contributed by atoms with Crippen molar-refractivity contribution in [1.82, 2.24) is 0 Å². The lowest BCUT2D eigenvalue weighted by Crippen LogP contribution is -2.29. The van der Waals surface area contributed by atoms with Crippen LogP contribution in [0.2, 0.25) is 0 Å². The van der Waals surface area contributed by atoms with E-state index in [0.29, 0.717) is 12.0 Å². The first-order chi connectivity index (χ1) is 14.8. The van der Waals surface area contributed by atoms with Crippen molar-refractivity contribution in [1.29, 1.82) is 0 Å². The molecule has 0 spiro atoms. The summed E-state index contributed by atoms with van der Waals surface area (Å²) in [6, 6.07) is 13.4. The van der Waals surface area contributed by atoms with E-state index in [0.717, 1.165) is 11.1 Å². The van der Waals surface area contributed by atoms with Crippen molar-refractivity contribution < 1.29 is 19.1 Å². The van der Waals surface area contributed by atoms with Gasteiger partial charge in [0.25, 0.3) is 0 Å². The fourth-order valence-corrected chi connectivity index (χ4v) is 4.19. The number of rotatable bonds is 7. The van der Waals surface area contributed by atoms with Gasteiger partial charge in [-0.25, -0.2) is 4.79 Å². The van der Waals surface area contributed by atoms with E-state index in [1.165, 1.54) is 28.3 Å². The number of esters is 2. The Labute approximate surface area is 184 Å². The van der Waals surface area contributed by atoms with E-state index >= 15 is 0 Å². The summed E-state index contributed by atoms with van der Waals surface area (Å²) in [5.74, 6) is -0.483. The highest BCUT2D eigenvalue weighted by atomic mass is 16.5. The molecule has 2 unspecified atom stereocenters. The number of carbonyl (C=O) groups is 2. The molecule has 0 saturated carbocycles. The van der Waals surface area contributed by atoms with Gasteiger partial charge in [0.15, 0.2) is 0 Å². The van der Waals surface area contributed by atoms with Gasteiger partial charge < -0.3 is 9.47 Å². The third kappa shape index (κ3) is 4.96. The van der Waals surface area contributed by atoms with Crippen molar-refractivity contribution in [2.75, 3.05) is 6.61 Å². The molecular weight excluding hydrogens is 388 g/mol. The molecule has 162 valence electrons. The third-order valence-corrected chi connectivity index (χ3v) is 6.04. The Morgan fingerprint density at radius 2 is 1.77 bits per heavy atom. The quantitative estimate of drug-likeness (QED) is 0.422. The van der Waals surface area contributed by atoms with Crippen LogP contribution in [0.15, 0.2) is 60.7 Å². The maximum absolute atomic E-state index is 12.6. The van der Waals surface area contributed by atoms with Crippen LogP contribution < -0.4 is 0 Å². The number of ether oxygens (including phenoxy) is 2. The SMILES string of the molecule is C=CCOC(=O)c1ccc(CCC(=O)OC2C(C)=C(C)c3c(C)cccc3C2C)cc1. The molecule has 0 fully saturated rings. The van der Waals surface area contributed by atoms with Gasteiger partial charge in [-0.3, -0.25) is 4.79 Å². The van der Waals surface area contributed by atoms with Crippen molar-refractivity contribution in [3.05, 3.63) is 88.5 Å². The molecule has 2 aromatic carbocycles. The summed E-state index contributed by atoms with van der Waals surface area (Å²) in [5.41, 5.74) is 7.54. The van der Waals surface area contributed by atoms with E-state index in [4.69, 9.17) is 9.47 Å². The normalized spacial score (nSPS) is 17.7. The maximum Gasteiger partial charge on any atom is 0.338 e. The van der Waals surface area contributed by atoms with Gasteiger partial charge in [0.2, 0.25) is 0 Å². The molecule has 0 radical (unpaired) electrons. The first-order valence-electron chi connectivity index (χ1n) is 10.7. The molecule has 0 heterocycles. The van der Waals surface area contributed by atoms with Crippen LogP contribution in [0.3, 0.4) is 0 Å². The van der Waals surface area contributed by atoms with Gasteiger partial charge in [-0.1, -0.05) is 49.9 Å². The lowest BCUT2D eigenvalue weighted by atomic mass is 9.77. The van der Waals surface area contributed by atoms with Gasteiger partial charge in [0.1, 0.15) is 12.7 Å². The first kappa shape index (κ1) is 22.5. The minimum atomic E-state index is -0.384. The number of carbonyl (C=O) groups excluding carboxylic acids is 2. The standard InChI is InChI=1S/C27H30O4/c1-6-16-30-27(29)22-13-10-21(11-14-22)12-15-24(28)31-26-19(4)18(3)25-17(2)8-7-9-23(25)20(26)5/h6-11,13-14,20,26H,1,12,15-16H2,2-5H3. The Bertz CT molecular complexity index is 1010. The summed E-state index contributed by atoms with van der Waals surface area (Å²) in [4.78, 5) is 24.5. The number of hydrogen-bond donors (Lipinski definition) is 0. The predicted molar refractivity (Wildman–Crippen MR) is 123 cm³/mol. The van der Waals surface area contributed by atoms with Gasteiger partial charge >= 0.3 is 11.9 Å². The van der Waals surface area contributed by atoms with Gasteiger partial charge in [-0.2, -0.15) is 0 Å². The van der Waals surface area contributed by atoms with E-state index in [9.17, 15) is 9.59 Å². The predicted octanol–water partition coefficient (Wildman–Crippen LogP) is 5.79. The van der Waals surface area contributed by atoms with E-state index in [1.54, 1.807) is 12.1 Å². The van der Waals surface area contributed by atoms with Crippen molar-refractivity contribution >= 4 is 17.5 Å². The smallest absolute Gasteiger partial charge is 0.338 e. The minimum Gasteiger partial charge on any atom is -0.458 e. The Balaban J connectivity index is 1.62. The van der Waals surface area contributed by atoms with Crippen LogP contribution in [-0.2, 0) is 20.7 Å². The zero-order chi connectivity index (χ0) is 22.5. The number of fused-ring (bicyclic) bond motifs is 1. The van der Waals surface area contributed by atoms with Crippen molar-refractivity contribution in [2.24, 2.45) is 0 Å². The lowest BCUT2D eigenvalue weighted by Gasteiger charge is -2.34. The summed E-state index contributed by atoms with van der Waals surface area (Å²) < 4.78 is 11.0. The molecule has 3 rings (SSSR count).